The highest BCUT2D eigenvalue weighted by molar-refractivity contribution is 5.46. The maximum absolute atomic E-state index is 5.88. The number of nitrogens with two attached hydrogens (primary N) is 1. The van der Waals surface area contributed by atoms with E-state index in [1.54, 1.807) is 6.20 Å². The highest BCUT2D eigenvalue weighted by Crippen LogP contribution is 2.24. The zero-order chi connectivity index (χ0) is 10.6. The first-order valence-electron chi connectivity index (χ1n) is 5.01. The quantitative estimate of drug-likeness (QED) is 0.766. The molecule has 3 nitrogen and oxygen atoms in total. The second-order valence-electron chi connectivity index (χ2n) is 3.83. The topological polar surface area (TPSA) is 50.9 Å². The van der Waals surface area contributed by atoms with E-state index in [9.17, 15) is 0 Å². The predicted molar refractivity (Wildman–Crippen MR) is 60.2 cm³/mol. The third-order valence-electron chi connectivity index (χ3n) is 2.62. The van der Waals surface area contributed by atoms with E-state index in [4.69, 9.17) is 5.73 Å². The Morgan fingerprint density at radius 3 is 2.79 bits per heavy atom. The van der Waals surface area contributed by atoms with Crippen LogP contribution in [0.15, 0.2) is 18.5 Å². The van der Waals surface area contributed by atoms with Crippen LogP contribution in [0.25, 0.3) is 0 Å². The molecule has 0 saturated carbocycles. The van der Waals surface area contributed by atoms with Crippen molar-refractivity contribution in [2.45, 2.75) is 32.2 Å². The van der Waals surface area contributed by atoms with Gasteiger partial charge < -0.3 is 11.1 Å². The highest BCUT2D eigenvalue weighted by atomic mass is 14.8. The lowest BCUT2D eigenvalue weighted by Gasteiger charge is -2.17. The standard InChI is InChI=1S/C11H19N3/c1-8(6-9(2)13-3)10-7-14-5-4-11(10)12/h4-5,7-9,13H,6H2,1-3H3,(H2,12,14). The van der Waals surface area contributed by atoms with Crippen molar-refractivity contribution in [2.24, 2.45) is 0 Å². The maximum Gasteiger partial charge on any atom is 0.0380 e. The van der Waals surface area contributed by atoms with Gasteiger partial charge in [0.1, 0.15) is 0 Å². The Labute approximate surface area is 85.7 Å². The van der Waals surface area contributed by atoms with Crippen molar-refractivity contribution in [3.63, 3.8) is 0 Å². The van der Waals surface area contributed by atoms with E-state index in [1.807, 2.05) is 19.3 Å². The number of hydrogen-bond donors (Lipinski definition) is 2. The van der Waals surface area contributed by atoms with Crippen molar-refractivity contribution in [1.29, 1.82) is 0 Å². The number of nitrogen functional groups attached to an aromatic ring is 1. The van der Waals surface area contributed by atoms with Crippen molar-refractivity contribution >= 4 is 5.69 Å². The monoisotopic (exact) mass is 193 g/mol. The third-order valence-corrected chi connectivity index (χ3v) is 2.62. The molecule has 1 aromatic rings. The first-order chi connectivity index (χ1) is 6.65. The van der Waals surface area contributed by atoms with Crippen LogP contribution in [0.2, 0.25) is 0 Å². The Balaban J connectivity index is 2.69. The number of aromatic nitrogens is 1. The number of nitrogens with one attached hydrogen (secondary N) is 1. The summed E-state index contributed by atoms with van der Waals surface area (Å²) in [6.45, 7) is 4.35. The van der Waals surface area contributed by atoms with Crippen LogP contribution in [0.1, 0.15) is 31.7 Å². The maximum atomic E-state index is 5.88. The van der Waals surface area contributed by atoms with Gasteiger partial charge in [-0.2, -0.15) is 0 Å². The molecule has 0 aliphatic heterocycles. The Kier molecular flexibility index (Phi) is 3.89. The number of hydrogen-bond acceptors (Lipinski definition) is 3. The first kappa shape index (κ1) is 11.0. The summed E-state index contributed by atoms with van der Waals surface area (Å²) < 4.78 is 0. The van der Waals surface area contributed by atoms with Gasteiger partial charge in [0.25, 0.3) is 0 Å². The number of nitrogens with zero attached hydrogens (tertiary/aromatic N) is 1. The van der Waals surface area contributed by atoms with E-state index < -0.39 is 0 Å². The highest BCUT2D eigenvalue weighted by Gasteiger charge is 2.11. The van der Waals surface area contributed by atoms with Gasteiger partial charge in [0.2, 0.25) is 0 Å². The molecule has 0 aliphatic rings. The fourth-order valence-corrected chi connectivity index (χ4v) is 1.60. The smallest absolute Gasteiger partial charge is 0.0380 e. The summed E-state index contributed by atoms with van der Waals surface area (Å²) in [4.78, 5) is 4.10. The molecule has 14 heavy (non-hydrogen) atoms. The molecule has 0 aliphatic carbocycles. The molecule has 1 aromatic heterocycles. The molecular formula is C11H19N3. The van der Waals surface area contributed by atoms with Crippen molar-refractivity contribution in [2.75, 3.05) is 12.8 Å². The second-order valence-corrected chi connectivity index (χ2v) is 3.83. The minimum absolute atomic E-state index is 0.450. The van der Waals surface area contributed by atoms with Crippen LogP contribution in [0, 0.1) is 0 Å². The minimum atomic E-state index is 0.450. The summed E-state index contributed by atoms with van der Waals surface area (Å²) in [5, 5.41) is 3.22. The van der Waals surface area contributed by atoms with Crippen LogP contribution in [0.4, 0.5) is 5.69 Å². The SMILES string of the molecule is CNC(C)CC(C)c1cnccc1N. The van der Waals surface area contributed by atoms with Gasteiger partial charge in [0, 0.05) is 24.1 Å². The Hall–Kier alpha value is -1.09. The molecule has 1 heterocycles. The summed E-state index contributed by atoms with van der Waals surface area (Å²) >= 11 is 0. The molecule has 0 radical (unpaired) electrons. The third kappa shape index (κ3) is 2.70. The van der Waals surface area contributed by atoms with E-state index in [0.717, 1.165) is 17.7 Å². The fourth-order valence-electron chi connectivity index (χ4n) is 1.60. The van der Waals surface area contributed by atoms with E-state index in [-0.39, 0.29) is 0 Å². The molecule has 2 atom stereocenters. The normalized spacial score (nSPS) is 15.1. The summed E-state index contributed by atoms with van der Waals surface area (Å²) in [5.41, 5.74) is 7.87. The summed E-state index contributed by atoms with van der Waals surface area (Å²) in [7, 11) is 1.98. The number of rotatable bonds is 4. The fraction of sp³-hybridized carbons (Fsp3) is 0.545. The van der Waals surface area contributed by atoms with Gasteiger partial charge in [-0.3, -0.25) is 4.98 Å². The molecule has 3 N–H and O–H groups in total. The van der Waals surface area contributed by atoms with Gasteiger partial charge in [-0.15, -0.1) is 0 Å². The van der Waals surface area contributed by atoms with Gasteiger partial charge >= 0.3 is 0 Å². The molecule has 0 bridgehead atoms. The van der Waals surface area contributed by atoms with Crippen molar-refractivity contribution < 1.29 is 0 Å². The van der Waals surface area contributed by atoms with Crippen LogP contribution in [0.3, 0.4) is 0 Å². The van der Waals surface area contributed by atoms with Gasteiger partial charge in [-0.05, 0) is 37.9 Å². The zero-order valence-electron chi connectivity index (χ0n) is 9.12. The Bertz CT molecular complexity index is 286. The summed E-state index contributed by atoms with van der Waals surface area (Å²) in [5.74, 6) is 0.450. The predicted octanol–water partition coefficient (Wildman–Crippen LogP) is 1.77. The van der Waals surface area contributed by atoms with Crippen molar-refractivity contribution in [1.82, 2.24) is 10.3 Å². The first-order valence-corrected chi connectivity index (χ1v) is 5.01. The van der Waals surface area contributed by atoms with Gasteiger partial charge in [-0.25, -0.2) is 0 Å². The molecule has 0 aromatic carbocycles. The van der Waals surface area contributed by atoms with Crippen LogP contribution < -0.4 is 11.1 Å². The van der Waals surface area contributed by atoms with Gasteiger partial charge in [0.15, 0.2) is 0 Å². The average Bonchev–Trinajstić information content (AvgIpc) is 2.18. The van der Waals surface area contributed by atoms with E-state index >= 15 is 0 Å². The van der Waals surface area contributed by atoms with Crippen LogP contribution >= 0.6 is 0 Å². The number of pyridine rings is 1. The molecular weight excluding hydrogens is 174 g/mol. The van der Waals surface area contributed by atoms with Gasteiger partial charge in [-0.1, -0.05) is 6.92 Å². The average molecular weight is 193 g/mol. The Morgan fingerprint density at radius 1 is 1.50 bits per heavy atom. The van der Waals surface area contributed by atoms with Crippen molar-refractivity contribution in [3.8, 4) is 0 Å². The lowest BCUT2D eigenvalue weighted by Crippen LogP contribution is -2.23. The number of anilines is 1. The molecule has 78 valence electrons. The van der Waals surface area contributed by atoms with E-state index in [0.29, 0.717) is 12.0 Å². The minimum Gasteiger partial charge on any atom is -0.398 e. The lowest BCUT2D eigenvalue weighted by atomic mass is 9.95. The zero-order valence-corrected chi connectivity index (χ0v) is 9.12. The molecule has 0 amide bonds. The van der Waals surface area contributed by atoms with Crippen molar-refractivity contribution in [3.05, 3.63) is 24.0 Å². The second kappa shape index (κ2) is 4.96. The van der Waals surface area contributed by atoms with Gasteiger partial charge in [0.05, 0.1) is 0 Å². The largest absolute Gasteiger partial charge is 0.398 e. The van der Waals surface area contributed by atoms with E-state index in [2.05, 4.69) is 24.1 Å². The molecule has 0 saturated heterocycles. The van der Waals surface area contributed by atoms with Crippen LogP contribution in [0.5, 0.6) is 0 Å². The Morgan fingerprint density at radius 2 is 2.21 bits per heavy atom. The van der Waals surface area contributed by atoms with E-state index in [1.165, 1.54) is 0 Å². The molecule has 1 rings (SSSR count). The molecule has 2 unspecified atom stereocenters. The van der Waals surface area contributed by atoms with Crippen LogP contribution in [-0.4, -0.2) is 18.1 Å². The molecule has 3 heteroatoms. The molecule has 0 fully saturated rings. The molecule has 0 spiro atoms. The van der Waals surface area contributed by atoms with Crippen LogP contribution in [-0.2, 0) is 0 Å². The summed E-state index contributed by atoms with van der Waals surface area (Å²) in [6.07, 6.45) is 4.67. The lowest BCUT2D eigenvalue weighted by molar-refractivity contribution is 0.516. The summed E-state index contributed by atoms with van der Waals surface area (Å²) in [6, 6.07) is 2.36.